The van der Waals surface area contributed by atoms with Crippen LogP contribution in [0.3, 0.4) is 0 Å². The third-order valence-corrected chi connectivity index (χ3v) is 12.6. The van der Waals surface area contributed by atoms with E-state index in [1.54, 1.807) is 0 Å². The van der Waals surface area contributed by atoms with E-state index < -0.39 is 0 Å². The molecule has 62 heavy (non-hydrogen) atoms. The Hall–Kier alpha value is -8.20. The van der Waals surface area contributed by atoms with Crippen molar-refractivity contribution in [2.24, 2.45) is 0 Å². The molecule has 1 aromatic heterocycles. The van der Waals surface area contributed by atoms with E-state index >= 15 is 0 Å². The van der Waals surface area contributed by atoms with Crippen molar-refractivity contribution in [3.05, 3.63) is 243 Å². The molecule has 0 saturated carbocycles. The molecule has 0 amide bonds. The van der Waals surface area contributed by atoms with Gasteiger partial charge in [0.05, 0.1) is 16.7 Å². The minimum absolute atomic E-state index is 1.09. The molecule has 0 aliphatic heterocycles. The van der Waals surface area contributed by atoms with Crippen LogP contribution in [0, 0.1) is 0 Å². The van der Waals surface area contributed by atoms with E-state index in [1.807, 2.05) is 0 Å². The predicted molar refractivity (Wildman–Crippen MR) is 264 cm³/mol. The number of hydrogen-bond donors (Lipinski definition) is 0. The number of para-hydroxylation sites is 1. The number of benzene rings is 11. The largest absolute Gasteiger partial charge is 0.310 e. The van der Waals surface area contributed by atoms with Gasteiger partial charge in [0.2, 0.25) is 0 Å². The molecule has 0 bridgehead atoms. The van der Waals surface area contributed by atoms with Crippen molar-refractivity contribution in [2.45, 2.75) is 0 Å². The normalized spacial score (nSPS) is 11.5. The van der Waals surface area contributed by atoms with Gasteiger partial charge in [-0.15, -0.1) is 0 Å². The third-order valence-electron chi connectivity index (χ3n) is 12.6. The Bertz CT molecular complexity index is 3610. The van der Waals surface area contributed by atoms with E-state index in [-0.39, 0.29) is 0 Å². The van der Waals surface area contributed by atoms with Gasteiger partial charge >= 0.3 is 0 Å². The summed E-state index contributed by atoms with van der Waals surface area (Å²) in [5.74, 6) is 0. The molecule has 0 atom stereocenters. The highest BCUT2D eigenvalue weighted by molar-refractivity contribution is 6.18. The maximum atomic E-state index is 2.44. The fourth-order valence-corrected chi connectivity index (χ4v) is 9.66. The quantitative estimate of drug-likeness (QED) is 0.156. The minimum Gasteiger partial charge on any atom is -0.310 e. The van der Waals surface area contributed by atoms with Gasteiger partial charge in [0.1, 0.15) is 0 Å². The summed E-state index contributed by atoms with van der Waals surface area (Å²) in [7, 11) is 0. The first-order valence-electron chi connectivity index (χ1n) is 21.3. The van der Waals surface area contributed by atoms with Gasteiger partial charge in [-0.05, 0) is 103 Å². The van der Waals surface area contributed by atoms with Gasteiger partial charge in [0.15, 0.2) is 0 Å². The van der Waals surface area contributed by atoms with E-state index in [4.69, 9.17) is 0 Å². The van der Waals surface area contributed by atoms with Gasteiger partial charge in [-0.2, -0.15) is 0 Å². The molecule has 12 aromatic rings. The van der Waals surface area contributed by atoms with Gasteiger partial charge in [-0.1, -0.05) is 194 Å². The monoisotopic (exact) mass is 788 g/mol. The van der Waals surface area contributed by atoms with Crippen LogP contribution in [0.25, 0.3) is 93.2 Å². The molecule has 0 fully saturated rings. The first-order chi connectivity index (χ1) is 30.8. The minimum atomic E-state index is 1.09. The molecule has 0 N–H and O–H groups in total. The molecule has 0 aliphatic rings. The van der Waals surface area contributed by atoms with Crippen molar-refractivity contribution in [2.75, 3.05) is 4.90 Å². The molecule has 2 heteroatoms. The molecule has 2 nitrogen and oxygen atoms in total. The van der Waals surface area contributed by atoms with Crippen LogP contribution < -0.4 is 4.90 Å². The van der Waals surface area contributed by atoms with Crippen molar-refractivity contribution in [1.82, 2.24) is 4.57 Å². The lowest BCUT2D eigenvalue weighted by Gasteiger charge is -2.28. The summed E-state index contributed by atoms with van der Waals surface area (Å²) in [5.41, 5.74) is 14.1. The van der Waals surface area contributed by atoms with Crippen LogP contribution in [0.2, 0.25) is 0 Å². The van der Waals surface area contributed by atoms with Crippen LogP contribution >= 0.6 is 0 Å². The smallest absolute Gasteiger partial charge is 0.0619 e. The van der Waals surface area contributed by atoms with Crippen molar-refractivity contribution < 1.29 is 0 Å². The summed E-state index contributed by atoms with van der Waals surface area (Å²) in [6.07, 6.45) is 0. The molecule has 0 unspecified atom stereocenters. The van der Waals surface area contributed by atoms with Gasteiger partial charge in [-0.25, -0.2) is 0 Å². The summed E-state index contributed by atoms with van der Waals surface area (Å²) >= 11 is 0. The van der Waals surface area contributed by atoms with Crippen LogP contribution in [0.15, 0.2) is 243 Å². The first-order valence-corrected chi connectivity index (χ1v) is 21.3. The molecule has 11 aromatic carbocycles. The van der Waals surface area contributed by atoms with Crippen molar-refractivity contribution in [3.8, 4) is 39.1 Å². The molecule has 0 radical (unpaired) electrons. The molecule has 0 spiro atoms. The average Bonchev–Trinajstić information content (AvgIpc) is 3.70. The van der Waals surface area contributed by atoms with Crippen LogP contribution in [-0.4, -0.2) is 4.57 Å². The maximum Gasteiger partial charge on any atom is 0.0619 e. The summed E-state index contributed by atoms with van der Waals surface area (Å²) in [5, 5.41) is 9.94. The highest BCUT2D eigenvalue weighted by Crippen LogP contribution is 2.44. The van der Waals surface area contributed by atoms with Gasteiger partial charge in [0, 0.05) is 38.6 Å². The second-order valence-corrected chi connectivity index (χ2v) is 16.1. The van der Waals surface area contributed by atoms with E-state index in [9.17, 15) is 0 Å². The second kappa shape index (κ2) is 14.8. The summed E-state index contributed by atoms with van der Waals surface area (Å²) < 4.78 is 2.44. The highest BCUT2D eigenvalue weighted by atomic mass is 15.1. The Labute approximate surface area is 360 Å². The Kier molecular flexibility index (Phi) is 8.53. The standard InChI is InChI=1S/C60H40N2/c1-2-14-41(15-3-1)42-28-33-47(34-29-42)61(59-39-38-54(53-23-8-9-24-55(53)59)52-26-13-18-44-16-4-6-21-50(44)52)48-35-30-43(31-36-48)46-19-12-20-49(40-46)62-58-27-11-10-25-56(58)57-37-32-45-17-5-7-22-51(45)60(57)62/h1-40H. The zero-order valence-corrected chi connectivity index (χ0v) is 34.0. The lowest BCUT2D eigenvalue weighted by molar-refractivity contribution is 1.19. The topological polar surface area (TPSA) is 8.17 Å². The SMILES string of the molecule is c1ccc(-c2ccc(N(c3ccc(-c4cccc(-n5c6ccccc6c6ccc7ccccc7c65)c4)cc3)c3ccc(-c4cccc5ccccc45)c4ccccc34)cc2)cc1. The molecule has 1 heterocycles. The van der Waals surface area contributed by atoms with E-state index in [0.29, 0.717) is 0 Å². The van der Waals surface area contributed by atoms with Crippen LogP contribution in [0.5, 0.6) is 0 Å². The lowest BCUT2D eigenvalue weighted by Crippen LogP contribution is -2.10. The summed E-state index contributed by atoms with van der Waals surface area (Å²) in [4.78, 5) is 2.41. The molecule has 12 rings (SSSR count). The lowest BCUT2D eigenvalue weighted by atomic mass is 9.93. The summed E-state index contributed by atoms with van der Waals surface area (Å²) in [6, 6.07) is 88.4. The summed E-state index contributed by atoms with van der Waals surface area (Å²) in [6.45, 7) is 0. The molecular weight excluding hydrogens is 749 g/mol. The van der Waals surface area contributed by atoms with Crippen molar-refractivity contribution in [3.63, 3.8) is 0 Å². The maximum absolute atomic E-state index is 2.44. The molecular formula is C60H40N2. The number of nitrogens with zero attached hydrogens (tertiary/aromatic N) is 2. The van der Waals surface area contributed by atoms with E-state index in [0.717, 1.165) is 28.3 Å². The molecule has 290 valence electrons. The Morgan fingerprint density at radius 2 is 0.823 bits per heavy atom. The van der Waals surface area contributed by atoms with E-state index in [2.05, 4.69) is 252 Å². The molecule has 0 saturated heterocycles. The van der Waals surface area contributed by atoms with Gasteiger partial charge < -0.3 is 9.47 Å². The van der Waals surface area contributed by atoms with Gasteiger partial charge in [-0.3, -0.25) is 0 Å². The van der Waals surface area contributed by atoms with Crippen LogP contribution in [0.4, 0.5) is 17.1 Å². The number of rotatable bonds is 7. The fraction of sp³-hybridized carbons (Fsp3) is 0. The Morgan fingerprint density at radius 3 is 1.58 bits per heavy atom. The van der Waals surface area contributed by atoms with Crippen molar-refractivity contribution >= 4 is 71.2 Å². The van der Waals surface area contributed by atoms with Crippen LogP contribution in [-0.2, 0) is 0 Å². The zero-order chi connectivity index (χ0) is 41.0. The fourth-order valence-electron chi connectivity index (χ4n) is 9.66. The zero-order valence-electron chi connectivity index (χ0n) is 34.0. The Balaban J connectivity index is 0.989. The van der Waals surface area contributed by atoms with Crippen LogP contribution in [0.1, 0.15) is 0 Å². The Morgan fingerprint density at radius 1 is 0.290 bits per heavy atom. The number of anilines is 3. The predicted octanol–water partition coefficient (Wildman–Crippen LogP) is 16.7. The number of fused-ring (bicyclic) bond motifs is 7. The average molecular weight is 789 g/mol. The third kappa shape index (κ3) is 5.96. The van der Waals surface area contributed by atoms with Crippen molar-refractivity contribution in [1.29, 1.82) is 0 Å². The number of hydrogen-bond acceptors (Lipinski definition) is 1. The molecule has 0 aliphatic carbocycles. The van der Waals surface area contributed by atoms with Gasteiger partial charge in [0.25, 0.3) is 0 Å². The highest BCUT2D eigenvalue weighted by Gasteiger charge is 2.20. The number of aromatic nitrogens is 1. The first kappa shape index (κ1) is 35.7. The second-order valence-electron chi connectivity index (χ2n) is 16.1. The van der Waals surface area contributed by atoms with E-state index in [1.165, 1.54) is 81.9 Å².